The van der Waals surface area contributed by atoms with E-state index in [4.69, 9.17) is 14.6 Å². The maximum absolute atomic E-state index is 12.7. The van der Waals surface area contributed by atoms with E-state index < -0.39 is 41.8 Å². The molecule has 1 fully saturated rings. The monoisotopic (exact) mass is 522 g/mol. The van der Waals surface area contributed by atoms with Gasteiger partial charge in [-0.1, -0.05) is 57.0 Å². The van der Waals surface area contributed by atoms with E-state index in [1.807, 2.05) is 30.3 Å². The zero-order valence-corrected chi connectivity index (χ0v) is 21.4. The number of aliphatic carboxylic acids is 3. The molecular weight excluding hydrogens is 486 g/mol. The van der Waals surface area contributed by atoms with Crippen LogP contribution >= 0.6 is 0 Å². The normalized spacial score (nSPS) is 14.5. The van der Waals surface area contributed by atoms with Gasteiger partial charge in [0.25, 0.3) is 0 Å². The van der Waals surface area contributed by atoms with E-state index in [2.05, 4.69) is 18.7 Å². The average Bonchev–Trinajstić information content (AvgIpc) is 3.35. The van der Waals surface area contributed by atoms with Gasteiger partial charge in [-0.05, 0) is 31.5 Å². The maximum atomic E-state index is 12.7. The fraction of sp³-hybridized carbons (Fsp3) is 0.615. The van der Waals surface area contributed by atoms with E-state index in [0.29, 0.717) is 19.8 Å². The van der Waals surface area contributed by atoms with E-state index >= 15 is 0 Å². The van der Waals surface area contributed by atoms with Crippen LogP contribution in [-0.2, 0) is 34.1 Å². The Morgan fingerprint density at radius 1 is 0.919 bits per heavy atom. The molecule has 11 heteroatoms. The number of hydrogen-bond donors (Lipinski definition) is 1. The number of esters is 1. The molecule has 208 valence electrons. The summed E-state index contributed by atoms with van der Waals surface area (Å²) in [6.07, 6.45) is 1.23. The Kier molecular flexibility index (Phi) is 13.8. The highest BCUT2D eigenvalue weighted by atomic mass is 16.6. The van der Waals surface area contributed by atoms with Gasteiger partial charge >= 0.3 is 5.97 Å². The number of carbonyl (C=O) groups excluding carboxylic acids is 4. The summed E-state index contributed by atoms with van der Waals surface area (Å²) in [5, 5.41) is 38.9. The van der Waals surface area contributed by atoms with Crippen LogP contribution < -0.4 is 15.3 Å². The molecule has 1 aliphatic rings. The molecule has 0 spiro atoms. The Bertz CT molecular complexity index is 847. The zero-order chi connectivity index (χ0) is 27.9. The van der Waals surface area contributed by atoms with Crippen molar-refractivity contribution in [2.45, 2.75) is 63.4 Å². The van der Waals surface area contributed by atoms with Crippen LogP contribution in [0.15, 0.2) is 30.3 Å². The molecule has 37 heavy (non-hydrogen) atoms. The first-order chi connectivity index (χ1) is 17.5. The molecule has 0 aliphatic heterocycles. The summed E-state index contributed by atoms with van der Waals surface area (Å²) in [4.78, 5) is 45.0. The summed E-state index contributed by atoms with van der Waals surface area (Å²) in [6.45, 7) is 8.79. The van der Waals surface area contributed by atoms with Gasteiger partial charge in [0, 0.05) is 31.3 Å². The standard InChI is InChI=1S/C20H31NO3.C6H8O7/c1-3-21(4-2)14-15-23-16-17-24-19(22)20(12-8-9-13-20)18-10-6-5-7-11-18;7-3(8)1-6(13,5(11)12)2-4(9)10/h5-7,10-11H,3-4,8-9,12-17H2,1-2H3;13H,1-2H2,(H,7,8)(H,9,10)(H,11,12)/p-3. The molecule has 0 saturated heterocycles. The van der Waals surface area contributed by atoms with Crippen molar-refractivity contribution < 1.29 is 49.1 Å². The average molecular weight is 523 g/mol. The van der Waals surface area contributed by atoms with Crippen molar-refractivity contribution >= 4 is 23.9 Å². The zero-order valence-electron chi connectivity index (χ0n) is 21.4. The van der Waals surface area contributed by atoms with Gasteiger partial charge in [0.2, 0.25) is 0 Å². The number of carbonyl (C=O) groups is 4. The molecule has 1 saturated carbocycles. The smallest absolute Gasteiger partial charge is 0.316 e. The van der Waals surface area contributed by atoms with Gasteiger partial charge in [-0.3, -0.25) is 4.79 Å². The summed E-state index contributed by atoms with van der Waals surface area (Å²) in [6, 6.07) is 10.1. The number of aliphatic hydroxyl groups is 1. The fourth-order valence-electron chi connectivity index (χ4n) is 4.20. The quantitative estimate of drug-likeness (QED) is 0.202. The Labute approximate surface area is 217 Å². The Morgan fingerprint density at radius 2 is 1.46 bits per heavy atom. The lowest BCUT2D eigenvalue weighted by atomic mass is 9.79. The van der Waals surface area contributed by atoms with Crippen molar-refractivity contribution in [2.75, 3.05) is 39.5 Å². The van der Waals surface area contributed by atoms with Crippen LogP contribution in [-0.4, -0.2) is 78.9 Å². The second-order valence-corrected chi connectivity index (χ2v) is 8.85. The van der Waals surface area contributed by atoms with E-state index in [0.717, 1.165) is 50.9 Å². The third-order valence-electron chi connectivity index (χ3n) is 6.33. The van der Waals surface area contributed by atoms with Crippen LogP contribution in [0.25, 0.3) is 0 Å². The number of rotatable bonds is 15. The Hall–Kier alpha value is -3.02. The minimum Gasteiger partial charge on any atom is -0.550 e. The van der Waals surface area contributed by atoms with Crippen molar-refractivity contribution in [3.05, 3.63) is 35.9 Å². The molecule has 0 heterocycles. The third kappa shape index (κ3) is 10.5. The number of hydrogen-bond acceptors (Lipinski definition) is 11. The molecule has 1 N–H and O–H groups in total. The van der Waals surface area contributed by atoms with Gasteiger partial charge in [0.05, 0.1) is 24.6 Å². The van der Waals surface area contributed by atoms with Gasteiger partial charge in [-0.25, -0.2) is 0 Å². The van der Waals surface area contributed by atoms with Crippen molar-refractivity contribution in [2.24, 2.45) is 0 Å². The summed E-state index contributed by atoms with van der Waals surface area (Å²) in [5.41, 5.74) is -2.32. The first-order valence-electron chi connectivity index (χ1n) is 12.4. The lowest BCUT2D eigenvalue weighted by Crippen LogP contribution is -2.54. The number of carboxylic acids is 3. The van der Waals surface area contributed by atoms with Crippen LogP contribution in [0.1, 0.15) is 57.9 Å². The van der Waals surface area contributed by atoms with Crippen LogP contribution in [0.4, 0.5) is 0 Å². The predicted octanol–water partition coefficient (Wildman–Crippen LogP) is -1.85. The van der Waals surface area contributed by atoms with E-state index in [1.165, 1.54) is 0 Å². The van der Waals surface area contributed by atoms with Crippen molar-refractivity contribution in [3.63, 3.8) is 0 Å². The van der Waals surface area contributed by atoms with Crippen LogP contribution in [0.5, 0.6) is 0 Å². The van der Waals surface area contributed by atoms with Gasteiger partial charge in [-0.15, -0.1) is 0 Å². The lowest BCUT2D eigenvalue weighted by Gasteiger charge is -2.29. The molecule has 11 nitrogen and oxygen atoms in total. The van der Waals surface area contributed by atoms with E-state index in [-0.39, 0.29) is 5.97 Å². The molecule has 1 aromatic carbocycles. The highest BCUT2D eigenvalue weighted by molar-refractivity contribution is 5.86. The number of nitrogens with zero attached hydrogens (tertiary/aromatic N) is 1. The maximum Gasteiger partial charge on any atom is 0.316 e. The van der Waals surface area contributed by atoms with Crippen LogP contribution in [0.3, 0.4) is 0 Å². The summed E-state index contributed by atoms with van der Waals surface area (Å²) in [5.74, 6) is -6.07. The molecule has 0 aromatic heterocycles. The molecule has 1 aliphatic carbocycles. The minimum absolute atomic E-state index is 0.0847. The van der Waals surface area contributed by atoms with Crippen molar-refractivity contribution in [3.8, 4) is 0 Å². The number of benzene rings is 1. The molecule has 2 rings (SSSR count). The summed E-state index contributed by atoms with van der Waals surface area (Å²) < 4.78 is 11.2. The van der Waals surface area contributed by atoms with Gasteiger partial charge < -0.3 is 49.2 Å². The van der Waals surface area contributed by atoms with Gasteiger partial charge in [-0.2, -0.15) is 0 Å². The topological polar surface area (TPSA) is 179 Å². The summed E-state index contributed by atoms with van der Waals surface area (Å²) in [7, 11) is 0. The summed E-state index contributed by atoms with van der Waals surface area (Å²) >= 11 is 0. The first-order valence-corrected chi connectivity index (χ1v) is 12.4. The molecule has 0 atom stereocenters. The SMILES string of the molecule is CCN(CC)CCOCCOC(=O)C1(c2ccccc2)CCCC1.O=C([O-])CC(O)(CC(=O)[O-])C(=O)[O-]. The highest BCUT2D eigenvalue weighted by Gasteiger charge is 2.44. The largest absolute Gasteiger partial charge is 0.550 e. The molecule has 0 amide bonds. The fourth-order valence-corrected chi connectivity index (χ4v) is 4.20. The van der Waals surface area contributed by atoms with Crippen molar-refractivity contribution in [1.82, 2.24) is 4.90 Å². The predicted molar refractivity (Wildman–Crippen MR) is 125 cm³/mol. The molecule has 0 bridgehead atoms. The first kappa shape index (κ1) is 32.0. The number of likely N-dealkylation sites (N-methyl/N-ethyl adjacent to an activating group) is 1. The number of carboxylic acid groups (broad SMARTS) is 3. The molecular formula is C26H36NO10-3. The van der Waals surface area contributed by atoms with Gasteiger partial charge in [0.15, 0.2) is 0 Å². The van der Waals surface area contributed by atoms with E-state index in [1.54, 1.807) is 0 Å². The number of ether oxygens (including phenoxy) is 2. The third-order valence-corrected chi connectivity index (χ3v) is 6.33. The second-order valence-electron chi connectivity index (χ2n) is 8.85. The highest BCUT2D eigenvalue weighted by Crippen LogP contribution is 2.42. The molecule has 1 aromatic rings. The lowest BCUT2D eigenvalue weighted by molar-refractivity contribution is -0.339. The second kappa shape index (κ2) is 16.0. The van der Waals surface area contributed by atoms with E-state index in [9.17, 15) is 34.5 Å². The van der Waals surface area contributed by atoms with Crippen LogP contribution in [0, 0.1) is 0 Å². The Morgan fingerprint density at radius 3 is 1.92 bits per heavy atom. The Balaban J connectivity index is 0.000000448. The minimum atomic E-state index is -2.97. The molecule has 0 unspecified atom stereocenters. The van der Waals surface area contributed by atoms with Crippen molar-refractivity contribution in [1.29, 1.82) is 0 Å². The molecule has 0 radical (unpaired) electrons. The van der Waals surface area contributed by atoms with Gasteiger partial charge in [0.1, 0.15) is 12.2 Å². The van der Waals surface area contributed by atoms with Crippen LogP contribution in [0.2, 0.25) is 0 Å².